The van der Waals surface area contributed by atoms with Crippen LogP contribution >= 0.6 is 15.9 Å². The van der Waals surface area contributed by atoms with Crippen LogP contribution in [-0.2, 0) is 6.42 Å². The number of hydrogen-bond acceptors (Lipinski definition) is 2. The molecule has 1 aromatic rings. The fraction of sp³-hybridized carbons (Fsp3) is 0.250. The highest BCUT2D eigenvalue weighted by Crippen LogP contribution is 2.18. The Labute approximate surface area is 74.7 Å². The smallest absolute Gasteiger partial charge is 0.0358 e. The van der Waals surface area contributed by atoms with Gasteiger partial charge in [0.05, 0.1) is 0 Å². The number of nitrogen functional groups attached to an aromatic ring is 1. The van der Waals surface area contributed by atoms with Crippen LogP contribution in [0.1, 0.15) is 5.56 Å². The molecule has 0 bridgehead atoms. The molecule has 0 aliphatic heterocycles. The molecule has 0 atom stereocenters. The minimum atomic E-state index is 0.645. The first kappa shape index (κ1) is 8.56. The molecule has 0 saturated carbocycles. The van der Waals surface area contributed by atoms with Crippen LogP contribution < -0.4 is 11.5 Å². The second-order valence-electron chi connectivity index (χ2n) is 2.38. The predicted molar refractivity (Wildman–Crippen MR) is 51.3 cm³/mol. The van der Waals surface area contributed by atoms with Crippen molar-refractivity contribution in [1.29, 1.82) is 0 Å². The normalized spacial score (nSPS) is 10.0. The molecule has 0 aliphatic rings. The van der Waals surface area contributed by atoms with E-state index in [0.29, 0.717) is 6.54 Å². The molecule has 1 aromatic carbocycles. The first-order chi connectivity index (χ1) is 5.24. The fourth-order valence-corrected chi connectivity index (χ4v) is 1.33. The van der Waals surface area contributed by atoms with Crippen molar-refractivity contribution in [2.24, 2.45) is 5.73 Å². The standard InChI is InChI=1S/C8H11BrN2/c9-7-2-1-6(3-4-10)8(11)5-7/h1-2,5H,3-4,10-11H2. The largest absolute Gasteiger partial charge is 0.398 e. The highest BCUT2D eigenvalue weighted by Gasteiger charge is 1.97. The lowest BCUT2D eigenvalue weighted by atomic mass is 10.1. The Balaban J connectivity index is 2.90. The number of nitrogens with two attached hydrogens (primary N) is 2. The molecule has 3 heteroatoms. The molecule has 11 heavy (non-hydrogen) atoms. The molecule has 0 spiro atoms. The fourth-order valence-electron chi connectivity index (χ4n) is 0.949. The zero-order valence-corrected chi connectivity index (χ0v) is 7.76. The van der Waals surface area contributed by atoms with Crippen molar-refractivity contribution >= 4 is 21.6 Å². The number of hydrogen-bond donors (Lipinski definition) is 2. The maximum Gasteiger partial charge on any atom is 0.0358 e. The van der Waals surface area contributed by atoms with Crippen molar-refractivity contribution in [3.8, 4) is 0 Å². The number of halogens is 1. The summed E-state index contributed by atoms with van der Waals surface area (Å²) in [5, 5.41) is 0. The molecule has 4 N–H and O–H groups in total. The molecule has 0 aromatic heterocycles. The average Bonchev–Trinajstić information content (AvgIpc) is 1.95. The highest BCUT2D eigenvalue weighted by molar-refractivity contribution is 9.10. The van der Waals surface area contributed by atoms with E-state index < -0.39 is 0 Å². The summed E-state index contributed by atoms with van der Waals surface area (Å²) in [6.07, 6.45) is 0.846. The van der Waals surface area contributed by atoms with E-state index in [1.165, 1.54) is 0 Å². The summed E-state index contributed by atoms with van der Waals surface area (Å²) in [5.41, 5.74) is 13.1. The molecule has 0 aliphatic carbocycles. The van der Waals surface area contributed by atoms with E-state index in [4.69, 9.17) is 11.5 Å². The number of anilines is 1. The Kier molecular flexibility index (Phi) is 2.91. The van der Waals surface area contributed by atoms with Crippen molar-refractivity contribution in [2.45, 2.75) is 6.42 Å². The number of rotatable bonds is 2. The lowest BCUT2D eigenvalue weighted by molar-refractivity contribution is 0.971. The van der Waals surface area contributed by atoms with Crippen molar-refractivity contribution in [3.05, 3.63) is 28.2 Å². The molecule has 0 fully saturated rings. The molecule has 0 heterocycles. The quantitative estimate of drug-likeness (QED) is 0.735. The Morgan fingerprint density at radius 3 is 2.64 bits per heavy atom. The predicted octanol–water partition coefficient (Wildman–Crippen LogP) is 1.53. The first-order valence-corrected chi connectivity index (χ1v) is 4.27. The lowest BCUT2D eigenvalue weighted by Gasteiger charge is -2.03. The second kappa shape index (κ2) is 3.74. The maximum absolute atomic E-state index is 5.72. The highest BCUT2D eigenvalue weighted by atomic mass is 79.9. The Morgan fingerprint density at radius 1 is 1.36 bits per heavy atom. The van der Waals surface area contributed by atoms with Crippen molar-refractivity contribution in [1.82, 2.24) is 0 Å². The number of benzene rings is 1. The van der Waals surface area contributed by atoms with Gasteiger partial charge in [0.25, 0.3) is 0 Å². The van der Waals surface area contributed by atoms with Gasteiger partial charge in [0.1, 0.15) is 0 Å². The monoisotopic (exact) mass is 214 g/mol. The molecule has 1 rings (SSSR count). The minimum absolute atomic E-state index is 0.645. The van der Waals surface area contributed by atoms with Gasteiger partial charge in [-0.2, -0.15) is 0 Å². The Bertz CT molecular complexity index is 248. The summed E-state index contributed by atoms with van der Waals surface area (Å²) in [6, 6.07) is 5.86. The third-order valence-electron chi connectivity index (χ3n) is 1.52. The Morgan fingerprint density at radius 2 is 2.09 bits per heavy atom. The van der Waals surface area contributed by atoms with Crippen LogP contribution in [0.5, 0.6) is 0 Å². The molecule has 60 valence electrons. The Hall–Kier alpha value is -0.540. The van der Waals surface area contributed by atoms with Crippen LogP contribution in [0.4, 0.5) is 5.69 Å². The van der Waals surface area contributed by atoms with Gasteiger partial charge in [0.15, 0.2) is 0 Å². The second-order valence-corrected chi connectivity index (χ2v) is 3.30. The van der Waals surface area contributed by atoms with E-state index in [1.54, 1.807) is 0 Å². The molecular formula is C8H11BrN2. The third-order valence-corrected chi connectivity index (χ3v) is 2.01. The van der Waals surface area contributed by atoms with Gasteiger partial charge in [-0.25, -0.2) is 0 Å². The summed E-state index contributed by atoms with van der Waals surface area (Å²) in [7, 11) is 0. The van der Waals surface area contributed by atoms with Gasteiger partial charge in [-0.15, -0.1) is 0 Å². The summed E-state index contributed by atoms with van der Waals surface area (Å²) >= 11 is 3.34. The van der Waals surface area contributed by atoms with Crippen LogP contribution in [0.2, 0.25) is 0 Å². The lowest BCUT2D eigenvalue weighted by Crippen LogP contribution is -2.04. The van der Waals surface area contributed by atoms with Gasteiger partial charge in [-0.1, -0.05) is 22.0 Å². The van der Waals surface area contributed by atoms with Crippen LogP contribution in [0, 0.1) is 0 Å². The maximum atomic E-state index is 5.72. The van der Waals surface area contributed by atoms with Crippen LogP contribution in [0.25, 0.3) is 0 Å². The summed E-state index contributed by atoms with van der Waals surface area (Å²) < 4.78 is 1.01. The first-order valence-electron chi connectivity index (χ1n) is 3.48. The van der Waals surface area contributed by atoms with Gasteiger partial charge in [0, 0.05) is 10.2 Å². The van der Waals surface area contributed by atoms with Gasteiger partial charge in [0.2, 0.25) is 0 Å². The van der Waals surface area contributed by atoms with Crippen molar-refractivity contribution < 1.29 is 0 Å². The van der Waals surface area contributed by atoms with Crippen molar-refractivity contribution in [3.63, 3.8) is 0 Å². The van der Waals surface area contributed by atoms with Crippen LogP contribution in [-0.4, -0.2) is 6.54 Å². The zero-order chi connectivity index (χ0) is 8.27. The van der Waals surface area contributed by atoms with Crippen LogP contribution in [0.3, 0.4) is 0 Å². The van der Waals surface area contributed by atoms with Gasteiger partial charge in [-0.3, -0.25) is 0 Å². The topological polar surface area (TPSA) is 52.0 Å². The molecular weight excluding hydrogens is 204 g/mol. The summed E-state index contributed by atoms with van der Waals surface area (Å²) in [6.45, 7) is 0.645. The van der Waals surface area contributed by atoms with E-state index in [-0.39, 0.29) is 0 Å². The van der Waals surface area contributed by atoms with Crippen molar-refractivity contribution in [2.75, 3.05) is 12.3 Å². The molecule has 0 saturated heterocycles. The SMILES string of the molecule is NCCc1ccc(Br)cc1N. The van der Waals surface area contributed by atoms with Gasteiger partial charge in [-0.05, 0) is 30.7 Å². The van der Waals surface area contributed by atoms with E-state index >= 15 is 0 Å². The summed E-state index contributed by atoms with van der Waals surface area (Å²) in [4.78, 5) is 0. The molecule has 0 unspecified atom stereocenters. The zero-order valence-electron chi connectivity index (χ0n) is 6.18. The average molecular weight is 215 g/mol. The minimum Gasteiger partial charge on any atom is -0.398 e. The van der Waals surface area contributed by atoms with E-state index in [0.717, 1.165) is 22.1 Å². The molecule has 2 nitrogen and oxygen atoms in total. The van der Waals surface area contributed by atoms with E-state index in [9.17, 15) is 0 Å². The summed E-state index contributed by atoms with van der Waals surface area (Å²) in [5.74, 6) is 0. The molecule has 0 amide bonds. The van der Waals surface area contributed by atoms with Gasteiger partial charge >= 0.3 is 0 Å². The van der Waals surface area contributed by atoms with E-state index in [2.05, 4.69) is 15.9 Å². The van der Waals surface area contributed by atoms with E-state index in [1.807, 2.05) is 18.2 Å². The third kappa shape index (κ3) is 2.20. The van der Waals surface area contributed by atoms with Gasteiger partial charge < -0.3 is 11.5 Å². The van der Waals surface area contributed by atoms with Crippen LogP contribution in [0.15, 0.2) is 22.7 Å². The molecule has 0 radical (unpaired) electrons.